The van der Waals surface area contributed by atoms with Gasteiger partial charge < -0.3 is 9.80 Å². The number of rotatable bonds is 3. The van der Waals surface area contributed by atoms with Gasteiger partial charge in [-0.1, -0.05) is 12.1 Å². The van der Waals surface area contributed by atoms with Crippen molar-refractivity contribution < 1.29 is 9.18 Å². The molecule has 1 aromatic rings. The van der Waals surface area contributed by atoms with Gasteiger partial charge in [-0.3, -0.25) is 4.79 Å². The number of halogens is 1. The van der Waals surface area contributed by atoms with Gasteiger partial charge in [0.05, 0.1) is 5.56 Å². The van der Waals surface area contributed by atoms with Gasteiger partial charge in [-0.15, -0.1) is 0 Å². The first-order chi connectivity index (χ1) is 9.08. The third-order valence-electron chi connectivity index (χ3n) is 3.63. The third kappa shape index (κ3) is 3.53. The van der Waals surface area contributed by atoms with Crippen molar-refractivity contribution in [1.82, 2.24) is 9.80 Å². The monoisotopic (exact) mass is 264 g/mol. The highest BCUT2D eigenvalue weighted by Gasteiger charge is 2.25. The van der Waals surface area contributed by atoms with Crippen molar-refractivity contribution in [2.24, 2.45) is 5.92 Å². The van der Waals surface area contributed by atoms with Crippen LogP contribution in [0.1, 0.15) is 23.2 Å². The Balaban J connectivity index is 1.95. The average molecular weight is 264 g/mol. The maximum atomic E-state index is 13.6. The molecule has 1 saturated heterocycles. The zero-order valence-electron chi connectivity index (χ0n) is 11.6. The van der Waals surface area contributed by atoms with E-state index in [1.165, 1.54) is 6.07 Å². The highest BCUT2D eigenvalue weighted by molar-refractivity contribution is 5.94. The number of carbonyl (C=O) groups excluding carboxylic acids is 1. The number of piperidine rings is 1. The smallest absolute Gasteiger partial charge is 0.256 e. The first-order valence-corrected chi connectivity index (χ1v) is 6.76. The molecule has 1 amide bonds. The molecule has 19 heavy (non-hydrogen) atoms. The molecule has 2 rings (SSSR count). The van der Waals surface area contributed by atoms with Crippen LogP contribution in [0.2, 0.25) is 0 Å². The van der Waals surface area contributed by atoms with Crippen LogP contribution in [-0.2, 0) is 0 Å². The lowest BCUT2D eigenvalue weighted by atomic mass is 9.96. The summed E-state index contributed by atoms with van der Waals surface area (Å²) in [6.07, 6.45) is 2.00. The topological polar surface area (TPSA) is 23.6 Å². The molecule has 0 aliphatic carbocycles. The molecule has 104 valence electrons. The van der Waals surface area contributed by atoms with Crippen LogP contribution in [0.3, 0.4) is 0 Å². The van der Waals surface area contributed by atoms with Crippen molar-refractivity contribution in [3.8, 4) is 0 Å². The molecule has 0 spiro atoms. The van der Waals surface area contributed by atoms with E-state index in [1.807, 2.05) is 0 Å². The molecule has 0 aromatic heterocycles. The number of nitrogens with zero attached hydrogens (tertiary/aromatic N) is 2. The standard InChI is InChI=1S/C15H21FN2O/c1-17(2)11-12-7-9-18(10-8-12)15(19)13-5-3-4-6-14(13)16/h3-6,12H,7-11H2,1-2H3. The minimum absolute atomic E-state index is 0.179. The van der Waals surface area contributed by atoms with Crippen LogP contribution in [0.15, 0.2) is 24.3 Å². The molecule has 1 heterocycles. The van der Waals surface area contributed by atoms with E-state index in [0.29, 0.717) is 5.92 Å². The summed E-state index contributed by atoms with van der Waals surface area (Å²) in [5.74, 6) is 0.0315. The van der Waals surface area contributed by atoms with Gasteiger partial charge in [0.25, 0.3) is 5.91 Å². The van der Waals surface area contributed by atoms with Gasteiger partial charge >= 0.3 is 0 Å². The van der Waals surface area contributed by atoms with Crippen molar-refractivity contribution in [1.29, 1.82) is 0 Å². The Labute approximate surface area is 114 Å². The quantitative estimate of drug-likeness (QED) is 0.836. The Hall–Kier alpha value is -1.42. The highest BCUT2D eigenvalue weighted by atomic mass is 19.1. The zero-order valence-corrected chi connectivity index (χ0v) is 11.6. The van der Waals surface area contributed by atoms with E-state index in [0.717, 1.165) is 32.5 Å². The predicted molar refractivity (Wildman–Crippen MR) is 73.6 cm³/mol. The summed E-state index contributed by atoms with van der Waals surface area (Å²) in [7, 11) is 4.13. The number of likely N-dealkylation sites (tertiary alicyclic amines) is 1. The fourth-order valence-electron chi connectivity index (χ4n) is 2.64. The van der Waals surface area contributed by atoms with E-state index in [-0.39, 0.29) is 11.5 Å². The van der Waals surface area contributed by atoms with Gasteiger partial charge in [-0.2, -0.15) is 0 Å². The Morgan fingerprint density at radius 1 is 1.32 bits per heavy atom. The van der Waals surface area contributed by atoms with Gasteiger partial charge in [0.2, 0.25) is 0 Å². The van der Waals surface area contributed by atoms with Gasteiger partial charge in [0, 0.05) is 19.6 Å². The van der Waals surface area contributed by atoms with Crippen LogP contribution >= 0.6 is 0 Å². The van der Waals surface area contributed by atoms with Crippen LogP contribution in [-0.4, -0.2) is 49.4 Å². The maximum Gasteiger partial charge on any atom is 0.256 e. The Morgan fingerprint density at radius 2 is 1.95 bits per heavy atom. The number of carbonyl (C=O) groups is 1. The molecule has 1 fully saturated rings. The molecule has 0 N–H and O–H groups in total. The van der Waals surface area contributed by atoms with Gasteiger partial charge in [0.15, 0.2) is 0 Å². The Kier molecular flexibility index (Phi) is 4.53. The summed E-state index contributed by atoms with van der Waals surface area (Å²) in [4.78, 5) is 16.2. The van der Waals surface area contributed by atoms with Crippen LogP contribution in [0.4, 0.5) is 4.39 Å². The lowest BCUT2D eigenvalue weighted by Gasteiger charge is -2.33. The van der Waals surface area contributed by atoms with Crippen LogP contribution in [0, 0.1) is 11.7 Å². The largest absolute Gasteiger partial charge is 0.339 e. The normalized spacial score (nSPS) is 16.9. The van der Waals surface area contributed by atoms with E-state index in [9.17, 15) is 9.18 Å². The summed E-state index contributed by atoms with van der Waals surface area (Å²) in [5, 5.41) is 0. The molecule has 1 aliphatic heterocycles. The molecule has 0 saturated carbocycles. The molecular formula is C15H21FN2O. The second-order valence-electron chi connectivity index (χ2n) is 5.48. The number of hydrogen-bond donors (Lipinski definition) is 0. The minimum Gasteiger partial charge on any atom is -0.339 e. The fraction of sp³-hybridized carbons (Fsp3) is 0.533. The molecule has 0 atom stereocenters. The van der Waals surface area contributed by atoms with Gasteiger partial charge in [-0.05, 0) is 45.0 Å². The summed E-state index contributed by atoms with van der Waals surface area (Å²) in [6, 6.07) is 6.21. The zero-order chi connectivity index (χ0) is 13.8. The van der Waals surface area contributed by atoms with Crippen molar-refractivity contribution >= 4 is 5.91 Å². The van der Waals surface area contributed by atoms with E-state index >= 15 is 0 Å². The van der Waals surface area contributed by atoms with Crippen molar-refractivity contribution in [3.63, 3.8) is 0 Å². The van der Waals surface area contributed by atoms with E-state index in [2.05, 4.69) is 19.0 Å². The SMILES string of the molecule is CN(C)CC1CCN(C(=O)c2ccccc2F)CC1. The van der Waals surface area contributed by atoms with Gasteiger partial charge in [-0.25, -0.2) is 4.39 Å². The predicted octanol–water partition coefficient (Wildman–Crippen LogP) is 2.24. The number of amides is 1. The minimum atomic E-state index is -0.428. The first kappa shape index (κ1) is 14.0. The lowest BCUT2D eigenvalue weighted by molar-refractivity contribution is 0.0673. The summed E-state index contributed by atoms with van der Waals surface area (Å²) >= 11 is 0. The molecule has 1 aliphatic rings. The molecule has 0 radical (unpaired) electrons. The summed E-state index contributed by atoms with van der Waals surface area (Å²) in [6.45, 7) is 2.51. The molecular weight excluding hydrogens is 243 g/mol. The second-order valence-corrected chi connectivity index (χ2v) is 5.48. The van der Waals surface area contributed by atoms with Crippen LogP contribution < -0.4 is 0 Å². The molecule has 3 nitrogen and oxygen atoms in total. The maximum absolute atomic E-state index is 13.6. The lowest BCUT2D eigenvalue weighted by Crippen LogP contribution is -2.40. The molecule has 0 unspecified atom stereocenters. The van der Waals surface area contributed by atoms with Gasteiger partial charge in [0.1, 0.15) is 5.82 Å². The van der Waals surface area contributed by atoms with E-state index in [1.54, 1.807) is 23.1 Å². The van der Waals surface area contributed by atoms with Crippen molar-refractivity contribution in [2.45, 2.75) is 12.8 Å². The summed E-state index contributed by atoms with van der Waals surface area (Å²) in [5.41, 5.74) is 0.188. The first-order valence-electron chi connectivity index (χ1n) is 6.76. The van der Waals surface area contributed by atoms with E-state index in [4.69, 9.17) is 0 Å². The molecule has 0 bridgehead atoms. The number of hydrogen-bond acceptors (Lipinski definition) is 2. The van der Waals surface area contributed by atoms with Crippen LogP contribution in [0.5, 0.6) is 0 Å². The Morgan fingerprint density at radius 3 is 2.53 bits per heavy atom. The van der Waals surface area contributed by atoms with E-state index < -0.39 is 5.82 Å². The second kappa shape index (κ2) is 6.15. The molecule has 4 heteroatoms. The fourth-order valence-corrected chi connectivity index (χ4v) is 2.64. The summed E-state index contributed by atoms with van der Waals surface area (Å²) < 4.78 is 13.6. The van der Waals surface area contributed by atoms with Crippen molar-refractivity contribution in [2.75, 3.05) is 33.7 Å². The van der Waals surface area contributed by atoms with Crippen molar-refractivity contribution in [3.05, 3.63) is 35.6 Å². The highest BCUT2D eigenvalue weighted by Crippen LogP contribution is 2.20. The molecule has 1 aromatic carbocycles. The Bertz CT molecular complexity index is 440. The number of benzene rings is 1. The third-order valence-corrected chi connectivity index (χ3v) is 3.63. The van der Waals surface area contributed by atoms with Crippen LogP contribution in [0.25, 0.3) is 0 Å². The average Bonchev–Trinajstić information content (AvgIpc) is 2.39.